The molecule has 0 aliphatic heterocycles. The lowest BCUT2D eigenvalue weighted by Gasteiger charge is -2.18. The van der Waals surface area contributed by atoms with Crippen molar-refractivity contribution < 1.29 is 0 Å². The molecule has 74 valence electrons. The van der Waals surface area contributed by atoms with Crippen molar-refractivity contribution in [3.05, 3.63) is 29.8 Å². The van der Waals surface area contributed by atoms with E-state index in [2.05, 4.69) is 56.6 Å². The van der Waals surface area contributed by atoms with E-state index in [1.54, 1.807) is 0 Å². The summed E-state index contributed by atoms with van der Waals surface area (Å²) in [7, 11) is 0. The topological polar surface area (TPSA) is 15.8 Å². The zero-order valence-electron chi connectivity index (χ0n) is 8.76. The molecule has 0 aliphatic carbocycles. The van der Waals surface area contributed by atoms with Crippen LogP contribution in [0.1, 0.15) is 26.3 Å². The highest BCUT2D eigenvalue weighted by Gasteiger charge is 2.21. The minimum atomic E-state index is 0.136. The summed E-state index contributed by atoms with van der Waals surface area (Å²) >= 11 is 4.49. The van der Waals surface area contributed by atoms with Crippen molar-refractivity contribution in [2.45, 2.75) is 31.2 Å². The average molecular weight is 205 g/mol. The fraction of sp³-hybridized carbons (Fsp3) is 0.333. The van der Waals surface area contributed by atoms with Crippen LogP contribution in [-0.2, 0) is 5.41 Å². The van der Waals surface area contributed by atoms with Crippen LogP contribution in [0.4, 0.5) is 0 Å². The van der Waals surface area contributed by atoms with Gasteiger partial charge in [-0.05, 0) is 17.0 Å². The van der Waals surface area contributed by atoms with Gasteiger partial charge in [0, 0.05) is 10.9 Å². The van der Waals surface area contributed by atoms with Gasteiger partial charge in [-0.2, -0.15) is 0 Å². The maximum absolute atomic E-state index is 4.49. The number of hydrogen-bond donors (Lipinski definition) is 2. The van der Waals surface area contributed by atoms with Gasteiger partial charge < -0.3 is 4.98 Å². The second kappa shape index (κ2) is 3.06. The van der Waals surface area contributed by atoms with Crippen LogP contribution in [-0.4, -0.2) is 4.98 Å². The minimum Gasteiger partial charge on any atom is -0.350 e. The van der Waals surface area contributed by atoms with Crippen molar-refractivity contribution in [1.29, 1.82) is 0 Å². The predicted octanol–water partition coefficient (Wildman–Crippen LogP) is 3.75. The lowest BCUT2D eigenvalue weighted by atomic mass is 9.87. The number of benzene rings is 1. The van der Waals surface area contributed by atoms with E-state index >= 15 is 0 Å². The zero-order valence-corrected chi connectivity index (χ0v) is 9.65. The number of H-pyrrole nitrogens is 1. The van der Waals surface area contributed by atoms with Crippen LogP contribution in [0.15, 0.2) is 29.3 Å². The average Bonchev–Trinajstić information content (AvgIpc) is 2.38. The van der Waals surface area contributed by atoms with Gasteiger partial charge in [0.25, 0.3) is 0 Å². The summed E-state index contributed by atoms with van der Waals surface area (Å²) in [6.45, 7) is 6.63. The highest BCUT2D eigenvalue weighted by Crippen LogP contribution is 2.34. The molecule has 1 aromatic carbocycles. The van der Waals surface area contributed by atoms with Crippen molar-refractivity contribution in [3.63, 3.8) is 0 Å². The first kappa shape index (κ1) is 9.66. The van der Waals surface area contributed by atoms with E-state index in [1.165, 1.54) is 16.5 Å². The monoisotopic (exact) mass is 205 g/mol. The van der Waals surface area contributed by atoms with Crippen molar-refractivity contribution in [1.82, 2.24) is 4.98 Å². The molecule has 0 bridgehead atoms. The second-order valence-electron chi connectivity index (χ2n) is 4.64. The van der Waals surface area contributed by atoms with Crippen molar-refractivity contribution in [3.8, 4) is 0 Å². The zero-order chi connectivity index (χ0) is 10.3. The SMILES string of the molecule is CC(C)(C)c1c(S)[nH]c2ccccc12. The van der Waals surface area contributed by atoms with Gasteiger partial charge in [-0.15, -0.1) is 12.6 Å². The van der Waals surface area contributed by atoms with Gasteiger partial charge in [0.1, 0.15) is 0 Å². The van der Waals surface area contributed by atoms with Crippen molar-refractivity contribution in [2.75, 3.05) is 0 Å². The first-order valence-electron chi connectivity index (χ1n) is 4.80. The normalized spacial score (nSPS) is 12.3. The van der Waals surface area contributed by atoms with E-state index in [9.17, 15) is 0 Å². The number of thiol groups is 1. The molecule has 2 aromatic rings. The van der Waals surface area contributed by atoms with E-state index in [-0.39, 0.29) is 5.41 Å². The molecular formula is C12H15NS. The van der Waals surface area contributed by atoms with Crippen LogP contribution in [0.5, 0.6) is 0 Å². The second-order valence-corrected chi connectivity index (χ2v) is 5.09. The Morgan fingerprint density at radius 1 is 1.14 bits per heavy atom. The summed E-state index contributed by atoms with van der Waals surface area (Å²) in [6, 6.07) is 8.34. The molecule has 1 nitrogen and oxygen atoms in total. The van der Waals surface area contributed by atoms with Gasteiger partial charge in [-0.3, -0.25) is 0 Å². The molecule has 0 saturated heterocycles. The molecule has 0 saturated carbocycles. The quantitative estimate of drug-likeness (QED) is 0.609. The summed E-state index contributed by atoms with van der Waals surface area (Å²) in [4.78, 5) is 3.30. The minimum absolute atomic E-state index is 0.136. The largest absolute Gasteiger partial charge is 0.350 e. The lowest BCUT2D eigenvalue weighted by molar-refractivity contribution is 0.582. The highest BCUT2D eigenvalue weighted by molar-refractivity contribution is 7.80. The van der Waals surface area contributed by atoms with Crippen LogP contribution in [0.25, 0.3) is 10.9 Å². The smallest absolute Gasteiger partial charge is 0.0739 e. The predicted molar refractivity (Wildman–Crippen MR) is 64.3 cm³/mol. The molecule has 1 N–H and O–H groups in total. The summed E-state index contributed by atoms with van der Waals surface area (Å²) in [5.74, 6) is 0. The van der Waals surface area contributed by atoms with Crippen LogP contribution >= 0.6 is 12.6 Å². The molecule has 0 amide bonds. The Bertz CT molecular complexity index is 463. The van der Waals surface area contributed by atoms with Gasteiger partial charge in [0.15, 0.2) is 0 Å². The Hall–Kier alpha value is -0.890. The number of rotatable bonds is 0. The third-order valence-electron chi connectivity index (χ3n) is 2.44. The Morgan fingerprint density at radius 2 is 1.79 bits per heavy atom. The number of aromatic amines is 1. The van der Waals surface area contributed by atoms with Crippen molar-refractivity contribution in [2.24, 2.45) is 0 Å². The fourth-order valence-corrected chi connectivity index (χ4v) is 2.46. The molecule has 2 rings (SSSR count). The van der Waals surface area contributed by atoms with Gasteiger partial charge in [-0.1, -0.05) is 39.0 Å². The van der Waals surface area contributed by atoms with E-state index in [4.69, 9.17) is 0 Å². The Balaban J connectivity index is 2.81. The maximum Gasteiger partial charge on any atom is 0.0739 e. The van der Waals surface area contributed by atoms with Crippen LogP contribution in [0.2, 0.25) is 0 Å². The molecule has 0 radical (unpaired) electrons. The standard InChI is InChI=1S/C12H15NS/c1-12(2,3)10-8-6-4-5-7-9(8)13-11(10)14/h4-7,13-14H,1-3H3. The van der Waals surface area contributed by atoms with Gasteiger partial charge in [0.05, 0.1) is 5.03 Å². The first-order chi connectivity index (χ1) is 6.50. The fourth-order valence-electron chi connectivity index (χ4n) is 1.89. The van der Waals surface area contributed by atoms with Gasteiger partial charge in [-0.25, -0.2) is 0 Å². The van der Waals surface area contributed by atoms with E-state index in [0.717, 1.165) is 5.03 Å². The number of hydrogen-bond acceptors (Lipinski definition) is 1. The van der Waals surface area contributed by atoms with Crippen LogP contribution < -0.4 is 0 Å². The van der Waals surface area contributed by atoms with Crippen LogP contribution in [0.3, 0.4) is 0 Å². The third-order valence-corrected chi connectivity index (χ3v) is 2.77. The molecule has 0 fully saturated rings. The number of para-hydroxylation sites is 1. The lowest BCUT2D eigenvalue weighted by Crippen LogP contribution is -2.11. The molecule has 0 aliphatic rings. The van der Waals surface area contributed by atoms with Crippen molar-refractivity contribution >= 4 is 23.5 Å². The number of nitrogens with one attached hydrogen (secondary N) is 1. The molecular weight excluding hydrogens is 190 g/mol. The van der Waals surface area contributed by atoms with E-state index in [1.807, 2.05) is 6.07 Å². The first-order valence-corrected chi connectivity index (χ1v) is 5.25. The number of fused-ring (bicyclic) bond motifs is 1. The van der Waals surface area contributed by atoms with Gasteiger partial charge in [0.2, 0.25) is 0 Å². The molecule has 1 heterocycles. The molecule has 14 heavy (non-hydrogen) atoms. The van der Waals surface area contributed by atoms with Crippen LogP contribution in [0, 0.1) is 0 Å². The molecule has 1 aromatic heterocycles. The van der Waals surface area contributed by atoms with E-state index < -0.39 is 0 Å². The summed E-state index contributed by atoms with van der Waals surface area (Å²) in [6.07, 6.45) is 0. The Kier molecular flexibility index (Phi) is 2.11. The maximum atomic E-state index is 4.49. The highest BCUT2D eigenvalue weighted by atomic mass is 32.1. The molecule has 2 heteroatoms. The van der Waals surface area contributed by atoms with E-state index in [0.29, 0.717) is 0 Å². The third kappa shape index (κ3) is 1.44. The molecule has 0 unspecified atom stereocenters. The van der Waals surface area contributed by atoms with Gasteiger partial charge >= 0.3 is 0 Å². The number of aromatic nitrogens is 1. The summed E-state index contributed by atoms with van der Waals surface area (Å²) in [5.41, 5.74) is 2.61. The molecule has 0 spiro atoms. The summed E-state index contributed by atoms with van der Waals surface area (Å²) < 4.78 is 0. The Labute approximate surface area is 89.9 Å². The summed E-state index contributed by atoms with van der Waals surface area (Å²) in [5, 5.41) is 2.27. The Morgan fingerprint density at radius 3 is 2.43 bits per heavy atom. The molecule has 0 atom stereocenters.